The van der Waals surface area contributed by atoms with E-state index in [2.05, 4.69) is 15.5 Å². The monoisotopic (exact) mass is 281 g/mol. The van der Waals surface area contributed by atoms with Gasteiger partial charge in [-0.1, -0.05) is 30.8 Å². The largest absolute Gasteiger partial charge is 0.396 e. The maximum atomic E-state index is 8.83. The van der Waals surface area contributed by atoms with Gasteiger partial charge in [0, 0.05) is 13.5 Å². The van der Waals surface area contributed by atoms with Crippen molar-refractivity contribution >= 4 is 0 Å². The molecule has 0 spiro atoms. The van der Waals surface area contributed by atoms with Crippen LogP contribution in [-0.4, -0.2) is 28.4 Å². The molecule has 1 fully saturated rings. The molecule has 0 atom stereocenters. The maximum absolute atomic E-state index is 8.83. The second-order valence-corrected chi connectivity index (χ2v) is 5.84. The molecule has 1 aliphatic carbocycles. The average molecular weight is 281 g/mol. The Kier molecular flexibility index (Phi) is 5.98. The Balaban J connectivity index is 1.99. The first-order valence-corrected chi connectivity index (χ1v) is 7.93. The van der Waals surface area contributed by atoms with Gasteiger partial charge in [-0.25, -0.2) is 0 Å². The van der Waals surface area contributed by atoms with Crippen LogP contribution in [0.3, 0.4) is 0 Å². The van der Waals surface area contributed by atoms with Crippen molar-refractivity contribution in [2.24, 2.45) is 0 Å². The third kappa shape index (κ3) is 4.03. The molecule has 1 heterocycles. The Bertz CT molecular complexity index is 384. The van der Waals surface area contributed by atoms with Gasteiger partial charge in [0.1, 0.15) is 0 Å². The summed E-state index contributed by atoms with van der Waals surface area (Å²) in [5.41, 5.74) is -0.104. The molecule has 0 amide bonds. The van der Waals surface area contributed by atoms with Crippen molar-refractivity contribution in [2.75, 3.05) is 13.2 Å². The maximum Gasteiger partial charge on any atom is 0.223 e. The van der Waals surface area contributed by atoms with Crippen molar-refractivity contribution in [2.45, 2.75) is 70.3 Å². The van der Waals surface area contributed by atoms with Crippen molar-refractivity contribution in [3.63, 3.8) is 0 Å². The van der Waals surface area contributed by atoms with Gasteiger partial charge in [0.25, 0.3) is 0 Å². The lowest BCUT2D eigenvalue weighted by molar-refractivity contribution is 0.253. The van der Waals surface area contributed by atoms with E-state index in [1.165, 1.54) is 25.7 Å². The van der Waals surface area contributed by atoms with Crippen molar-refractivity contribution in [3.05, 3.63) is 11.7 Å². The standard InChI is InChI=1S/C15H27N3O2/c1-13-17-14(18-20-13)15(9-5-2-3-6-10-15)16-11-7-4-8-12-19/h16,19H,2-12H2,1H3. The number of aryl methyl sites for hydroxylation is 1. The van der Waals surface area contributed by atoms with Crippen LogP contribution in [-0.2, 0) is 5.54 Å². The lowest BCUT2D eigenvalue weighted by Gasteiger charge is -2.31. The highest BCUT2D eigenvalue weighted by atomic mass is 16.5. The van der Waals surface area contributed by atoms with E-state index in [4.69, 9.17) is 9.63 Å². The smallest absolute Gasteiger partial charge is 0.223 e. The second kappa shape index (κ2) is 7.74. The first-order chi connectivity index (χ1) is 9.77. The molecule has 0 saturated heterocycles. The molecule has 1 aromatic rings. The van der Waals surface area contributed by atoms with Crippen LogP contribution in [0.4, 0.5) is 0 Å². The predicted octanol–water partition coefficient (Wildman–Crippen LogP) is 2.68. The highest BCUT2D eigenvalue weighted by molar-refractivity contribution is 5.06. The van der Waals surface area contributed by atoms with E-state index in [1.807, 2.05) is 6.92 Å². The van der Waals surface area contributed by atoms with Gasteiger partial charge in [-0.15, -0.1) is 0 Å². The van der Waals surface area contributed by atoms with Crippen LogP contribution in [0.1, 0.15) is 69.5 Å². The van der Waals surface area contributed by atoms with Crippen molar-refractivity contribution in [1.82, 2.24) is 15.5 Å². The molecule has 0 radical (unpaired) electrons. The van der Waals surface area contributed by atoms with Gasteiger partial charge in [0.05, 0.1) is 5.54 Å². The van der Waals surface area contributed by atoms with Gasteiger partial charge < -0.3 is 14.9 Å². The molecule has 1 saturated carbocycles. The molecule has 0 unspecified atom stereocenters. The Morgan fingerprint density at radius 1 is 1.15 bits per heavy atom. The lowest BCUT2D eigenvalue weighted by atomic mass is 9.89. The molecule has 0 aliphatic heterocycles. The summed E-state index contributed by atoms with van der Waals surface area (Å²) < 4.78 is 5.19. The number of hydrogen-bond donors (Lipinski definition) is 2. The molecule has 114 valence electrons. The zero-order valence-electron chi connectivity index (χ0n) is 12.5. The van der Waals surface area contributed by atoms with Crippen LogP contribution in [0.2, 0.25) is 0 Å². The van der Waals surface area contributed by atoms with E-state index in [0.717, 1.165) is 44.5 Å². The highest BCUT2D eigenvalue weighted by Gasteiger charge is 2.36. The molecule has 2 N–H and O–H groups in total. The van der Waals surface area contributed by atoms with E-state index in [-0.39, 0.29) is 12.1 Å². The minimum absolute atomic E-state index is 0.104. The molecule has 5 heteroatoms. The van der Waals surface area contributed by atoms with Crippen molar-refractivity contribution < 1.29 is 9.63 Å². The quantitative estimate of drug-likeness (QED) is 0.594. The fraction of sp³-hybridized carbons (Fsp3) is 0.867. The van der Waals surface area contributed by atoms with Crippen LogP contribution < -0.4 is 5.32 Å². The third-order valence-electron chi connectivity index (χ3n) is 4.21. The number of aliphatic hydroxyl groups is 1. The molecule has 0 bridgehead atoms. The summed E-state index contributed by atoms with van der Waals surface area (Å²) in [5, 5.41) is 16.7. The molecular weight excluding hydrogens is 254 g/mol. The van der Waals surface area contributed by atoms with Crippen LogP contribution in [0, 0.1) is 6.92 Å². The van der Waals surface area contributed by atoms with E-state index in [9.17, 15) is 0 Å². The van der Waals surface area contributed by atoms with Crippen molar-refractivity contribution in [3.8, 4) is 0 Å². The Morgan fingerprint density at radius 3 is 2.50 bits per heavy atom. The van der Waals surface area contributed by atoms with E-state index >= 15 is 0 Å². The SMILES string of the molecule is Cc1nc(C2(NCCCCCO)CCCCCC2)no1. The van der Waals surface area contributed by atoms with E-state index in [0.29, 0.717) is 5.89 Å². The number of nitrogens with one attached hydrogen (secondary N) is 1. The Labute approximate surface area is 121 Å². The zero-order valence-corrected chi connectivity index (χ0v) is 12.5. The van der Waals surface area contributed by atoms with E-state index < -0.39 is 0 Å². The number of nitrogens with zero attached hydrogens (tertiary/aromatic N) is 2. The fourth-order valence-electron chi connectivity index (χ4n) is 3.05. The minimum Gasteiger partial charge on any atom is -0.396 e. The summed E-state index contributed by atoms with van der Waals surface area (Å²) >= 11 is 0. The van der Waals surface area contributed by atoms with E-state index in [1.54, 1.807) is 0 Å². The first kappa shape index (κ1) is 15.4. The van der Waals surface area contributed by atoms with Gasteiger partial charge in [-0.05, 0) is 38.6 Å². The summed E-state index contributed by atoms with van der Waals surface area (Å²) in [7, 11) is 0. The third-order valence-corrected chi connectivity index (χ3v) is 4.21. The number of aromatic nitrogens is 2. The van der Waals surface area contributed by atoms with Crippen molar-refractivity contribution in [1.29, 1.82) is 0 Å². The predicted molar refractivity (Wildman–Crippen MR) is 77.4 cm³/mol. The number of rotatable bonds is 7. The van der Waals surface area contributed by atoms with Gasteiger partial charge in [-0.3, -0.25) is 0 Å². The zero-order chi connectivity index (χ0) is 14.3. The number of unbranched alkanes of at least 4 members (excludes halogenated alkanes) is 2. The van der Waals surface area contributed by atoms with Gasteiger partial charge >= 0.3 is 0 Å². The van der Waals surface area contributed by atoms with Crippen LogP contribution >= 0.6 is 0 Å². The summed E-state index contributed by atoms with van der Waals surface area (Å²) in [6.45, 7) is 3.09. The highest BCUT2D eigenvalue weighted by Crippen LogP contribution is 2.34. The number of aliphatic hydroxyl groups excluding tert-OH is 1. The lowest BCUT2D eigenvalue weighted by Crippen LogP contribution is -2.43. The Hall–Kier alpha value is -0.940. The molecule has 20 heavy (non-hydrogen) atoms. The molecule has 5 nitrogen and oxygen atoms in total. The average Bonchev–Trinajstić information content (AvgIpc) is 2.75. The van der Waals surface area contributed by atoms with Crippen LogP contribution in [0.5, 0.6) is 0 Å². The topological polar surface area (TPSA) is 71.2 Å². The molecule has 1 aliphatic rings. The Morgan fingerprint density at radius 2 is 1.90 bits per heavy atom. The first-order valence-electron chi connectivity index (χ1n) is 7.93. The fourth-order valence-corrected chi connectivity index (χ4v) is 3.05. The van der Waals surface area contributed by atoms with Crippen LogP contribution in [0.15, 0.2) is 4.52 Å². The van der Waals surface area contributed by atoms with Gasteiger partial charge in [0.15, 0.2) is 5.82 Å². The van der Waals surface area contributed by atoms with Gasteiger partial charge in [-0.2, -0.15) is 4.98 Å². The summed E-state index contributed by atoms with van der Waals surface area (Å²) in [5.74, 6) is 1.48. The molecular formula is C15H27N3O2. The molecule has 2 rings (SSSR count). The second-order valence-electron chi connectivity index (χ2n) is 5.84. The normalized spacial score (nSPS) is 18.9. The molecule has 0 aromatic carbocycles. The van der Waals surface area contributed by atoms with Crippen LogP contribution in [0.25, 0.3) is 0 Å². The van der Waals surface area contributed by atoms with Gasteiger partial charge in [0.2, 0.25) is 5.89 Å². The molecule has 1 aromatic heterocycles. The summed E-state index contributed by atoms with van der Waals surface area (Å²) in [6, 6.07) is 0. The number of hydrogen-bond acceptors (Lipinski definition) is 5. The summed E-state index contributed by atoms with van der Waals surface area (Å²) in [4.78, 5) is 4.48. The summed E-state index contributed by atoms with van der Waals surface area (Å²) in [6.07, 6.45) is 10.2. The minimum atomic E-state index is -0.104.